The first kappa shape index (κ1) is 34.7. The van der Waals surface area contributed by atoms with Crippen LogP contribution in [0.2, 0.25) is 0 Å². The van der Waals surface area contributed by atoms with Gasteiger partial charge in [0.15, 0.2) is 0 Å². The van der Waals surface area contributed by atoms with Crippen LogP contribution in [0.15, 0.2) is 60.8 Å². The first-order chi connectivity index (χ1) is 22.0. The number of hydrogen-bond acceptors (Lipinski definition) is 6. The highest BCUT2D eigenvalue weighted by Crippen LogP contribution is 2.27. The van der Waals surface area contributed by atoms with Gasteiger partial charge >= 0.3 is 0 Å². The summed E-state index contributed by atoms with van der Waals surface area (Å²) in [7, 11) is 3.71. The zero-order chi connectivity index (χ0) is 33.4. The van der Waals surface area contributed by atoms with Crippen LogP contribution in [-0.2, 0) is 25.6 Å². The third-order valence-electron chi connectivity index (χ3n) is 8.87. The normalized spacial score (nSPS) is 22.6. The number of fused-ring (bicyclic) bond motifs is 7. The van der Waals surface area contributed by atoms with Crippen LogP contribution in [-0.4, -0.2) is 84.3 Å². The summed E-state index contributed by atoms with van der Waals surface area (Å²) >= 11 is 0. The lowest BCUT2D eigenvalue weighted by Crippen LogP contribution is -2.60. The van der Waals surface area contributed by atoms with E-state index in [1.165, 1.54) is 4.90 Å². The Hall–Kier alpha value is -4.18. The first-order valence-electron chi connectivity index (χ1n) is 16.3. The molecule has 3 heterocycles. The molecule has 1 saturated heterocycles. The van der Waals surface area contributed by atoms with Gasteiger partial charge in [0.1, 0.15) is 30.0 Å². The van der Waals surface area contributed by atoms with Crippen molar-refractivity contribution in [2.75, 3.05) is 20.6 Å². The van der Waals surface area contributed by atoms with Crippen molar-refractivity contribution in [3.63, 3.8) is 0 Å². The highest BCUT2D eigenvalue weighted by molar-refractivity contribution is 5.96. The van der Waals surface area contributed by atoms with Crippen LogP contribution in [0.25, 0.3) is 6.08 Å². The minimum atomic E-state index is -1.01. The van der Waals surface area contributed by atoms with E-state index < -0.39 is 36.2 Å². The summed E-state index contributed by atoms with van der Waals surface area (Å²) in [6.45, 7) is 8.24. The van der Waals surface area contributed by atoms with E-state index in [0.717, 1.165) is 11.1 Å². The first-order valence-corrected chi connectivity index (χ1v) is 16.3. The summed E-state index contributed by atoms with van der Waals surface area (Å²) in [6.07, 6.45) is 4.65. The summed E-state index contributed by atoms with van der Waals surface area (Å²) in [4.78, 5) is 59.0. The molecule has 0 aliphatic carbocycles. The average Bonchev–Trinajstić information content (AvgIpc) is 3.45. The SMILES string of the molecule is CCC(C)[C@@H]1NC(=O)[C@@H]2C(CCN2C(=O)[C@H](Cc2ccccc2)NC(=O)[C@H](CC(C)C)N(C)C)Oc2ccc(cc2)/C=C\NC1=O. The fraction of sp³-hybridized carbons (Fsp3) is 0.500. The van der Waals surface area contributed by atoms with Crippen molar-refractivity contribution < 1.29 is 23.9 Å². The average molecular weight is 632 g/mol. The lowest BCUT2D eigenvalue weighted by Gasteiger charge is -2.33. The number of carbonyl (C=O) groups is 4. The molecule has 46 heavy (non-hydrogen) atoms. The van der Waals surface area contributed by atoms with Gasteiger partial charge in [-0.25, -0.2) is 0 Å². The molecule has 2 aromatic carbocycles. The van der Waals surface area contributed by atoms with Crippen molar-refractivity contribution in [1.82, 2.24) is 25.8 Å². The van der Waals surface area contributed by atoms with Gasteiger partial charge in [-0.15, -0.1) is 0 Å². The molecule has 0 aromatic heterocycles. The Morgan fingerprint density at radius 2 is 1.72 bits per heavy atom. The van der Waals surface area contributed by atoms with E-state index in [9.17, 15) is 19.2 Å². The molecule has 2 unspecified atom stereocenters. The van der Waals surface area contributed by atoms with Crippen LogP contribution in [0, 0.1) is 11.8 Å². The molecule has 0 spiro atoms. The number of amides is 4. The second kappa shape index (κ2) is 15.9. The maximum atomic E-state index is 14.5. The number of nitrogens with zero attached hydrogens (tertiary/aromatic N) is 2. The summed E-state index contributed by atoms with van der Waals surface area (Å²) in [5.74, 6) is -0.731. The van der Waals surface area contributed by atoms with Crippen LogP contribution in [0.3, 0.4) is 0 Å². The highest BCUT2D eigenvalue weighted by Gasteiger charge is 2.46. The van der Waals surface area contributed by atoms with Gasteiger partial charge in [0.2, 0.25) is 23.6 Å². The van der Waals surface area contributed by atoms with Crippen LogP contribution >= 0.6 is 0 Å². The van der Waals surface area contributed by atoms with Crippen LogP contribution in [0.1, 0.15) is 58.1 Å². The van der Waals surface area contributed by atoms with Gasteiger partial charge in [0, 0.05) is 25.6 Å². The smallest absolute Gasteiger partial charge is 0.247 e. The van der Waals surface area contributed by atoms with Crippen molar-refractivity contribution in [3.05, 3.63) is 71.9 Å². The minimum Gasteiger partial charge on any atom is -0.488 e. The van der Waals surface area contributed by atoms with Crippen LogP contribution in [0.4, 0.5) is 0 Å². The third-order valence-corrected chi connectivity index (χ3v) is 8.87. The van der Waals surface area contributed by atoms with Crippen molar-refractivity contribution in [3.8, 4) is 5.75 Å². The van der Waals surface area contributed by atoms with Gasteiger partial charge in [-0.2, -0.15) is 0 Å². The Morgan fingerprint density at radius 1 is 1.02 bits per heavy atom. The molecule has 3 aliphatic heterocycles. The molecule has 5 rings (SSSR count). The standard InChI is InChI=1S/C36H49N5O5/c1-7-24(4)31-34(43)37-19-17-25-13-15-27(16-14-25)46-30-18-20-41(32(30)35(44)39-31)36(45)28(22-26-11-9-8-10-12-26)38-33(42)29(40(5)6)21-23(2)3/h8-17,19,23-24,28-32H,7,18,20-22H2,1-6H3,(H,37,43)(H,38,42)(H,39,44)/b19-17-/t24?,28-,29-,30?,31-,32-/m0/s1. The number of carbonyl (C=O) groups excluding carboxylic acids is 4. The van der Waals surface area contributed by atoms with Crippen molar-refractivity contribution in [2.24, 2.45) is 11.8 Å². The molecule has 10 heteroatoms. The maximum absolute atomic E-state index is 14.5. The van der Waals surface area contributed by atoms with Gasteiger partial charge in [0.05, 0.1) is 6.04 Å². The van der Waals surface area contributed by atoms with E-state index in [0.29, 0.717) is 25.0 Å². The molecule has 1 fully saturated rings. The number of rotatable bonds is 10. The summed E-state index contributed by atoms with van der Waals surface area (Å²) in [6, 6.07) is 13.7. The van der Waals surface area contributed by atoms with Crippen molar-refractivity contribution >= 4 is 29.7 Å². The van der Waals surface area contributed by atoms with Gasteiger partial charge in [-0.1, -0.05) is 76.6 Å². The molecule has 3 N–H and O–H groups in total. The summed E-state index contributed by atoms with van der Waals surface area (Å²) in [5.41, 5.74) is 1.76. The number of likely N-dealkylation sites (N-methyl/N-ethyl adjacent to an activating group) is 1. The Morgan fingerprint density at radius 3 is 2.35 bits per heavy atom. The fourth-order valence-corrected chi connectivity index (χ4v) is 6.04. The van der Waals surface area contributed by atoms with Gasteiger partial charge in [0.25, 0.3) is 0 Å². The molecule has 2 bridgehead atoms. The molecule has 0 radical (unpaired) electrons. The molecular formula is C36H49N5O5. The molecular weight excluding hydrogens is 582 g/mol. The van der Waals surface area contributed by atoms with Crippen LogP contribution in [0.5, 0.6) is 5.75 Å². The second-order valence-corrected chi connectivity index (χ2v) is 13.1. The Labute approximate surface area is 272 Å². The molecule has 248 valence electrons. The predicted molar refractivity (Wildman–Crippen MR) is 179 cm³/mol. The van der Waals surface area contributed by atoms with Crippen molar-refractivity contribution in [1.29, 1.82) is 0 Å². The van der Waals surface area contributed by atoms with Crippen molar-refractivity contribution in [2.45, 2.75) is 83.6 Å². The number of nitrogens with one attached hydrogen (secondary N) is 3. The van der Waals surface area contributed by atoms with Gasteiger partial charge < -0.3 is 25.6 Å². The molecule has 0 saturated carbocycles. The van der Waals surface area contributed by atoms with E-state index in [4.69, 9.17) is 4.74 Å². The molecule has 6 atom stereocenters. The number of benzene rings is 2. The Bertz CT molecular complexity index is 1380. The predicted octanol–water partition coefficient (Wildman–Crippen LogP) is 3.37. The third kappa shape index (κ3) is 8.75. The molecule has 10 nitrogen and oxygen atoms in total. The number of ether oxygens (including phenoxy) is 1. The van der Waals surface area contributed by atoms with E-state index in [1.807, 2.05) is 87.4 Å². The van der Waals surface area contributed by atoms with Gasteiger partial charge in [-0.05, 0) is 61.7 Å². The zero-order valence-electron chi connectivity index (χ0n) is 27.9. The molecule has 2 aromatic rings. The summed E-state index contributed by atoms with van der Waals surface area (Å²) < 4.78 is 6.36. The maximum Gasteiger partial charge on any atom is 0.247 e. The van der Waals surface area contributed by atoms with Crippen LogP contribution < -0.4 is 20.7 Å². The quantitative estimate of drug-likeness (QED) is 0.370. The number of likely N-dealkylation sites (tertiary alicyclic amines) is 1. The Kier molecular flexibility index (Phi) is 12.0. The number of hydrogen-bond donors (Lipinski definition) is 3. The molecule has 3 aliphatic rings. The van der Waals surface area contributed by atoms with Gasteiger partial charge in [-0.3, -0.25) is 24.1 Å². The second-order valence-electron chi connectivity index (χ2n) is 13.1. The van der Waals surface area contributed by atoms with E-state index >= 15 is 0 Å². The van der Waals surface area contributed by atoms with E-state index in [1.54, 1.807) is 12.3 Å². The summed E-state index contributed by atoms with van der Waals surface area (Å²) in [5, 5.41) is 8.80. The fourth-order valence-electron chi connectivity index (χ4n) is 6.04. The topological polar surface area (TPSA) is 120 Å². The lowest BCUT2D eigenvalue weighted by atomic mass is 9.97. The largest absolute Gasteiger partial charge is 0.488 e. The van der Waals surface area contributed by atoms with E-state index in [-0.39, 0.29) is 42.5 Å². The lowest BCUT2D eigenvalue weighted by molar-refractivity contribution is -0.144. The zero-order valence-corrected chi connectivity index (χ0v) is 27.9. The monoisotopic (exact) mass is 631 g/mol. The minimum absolute atomic E-state index is 0.164. The van der Waals surface area contributed by atoms with E-state index in [2.05, 4.69) is 29.8 Å². The highest BCUT2D eigenvalue weighted by atomic mass is 16.5. The Balaban J connectivity index is 1.69. The molecule has 4 amide bonds.